The average Bonchev–Trinajstić information content (AvgIpc) is 2.16. The summed E-state index contributed by atoms with van der Waals surface area (Å²) >= 11 is 0. The molecule has 1 N–H and O–H groups in total. The molecule has 0 aliphatic heterocycles. The summed E-state index contributed by atoms with van der Waals surface area (Å²) in [5.41, 5.74) is 0.501. The third kappa shape index (κ3) is 3.45. The van der Waals surface area contributed by atoms with Gasteiger partial charge in [0.1, 0.15) is 5.82 Å². The number of ether oxygens (including phenoxy) is 1. The predicted octanol–water partition coefficient (Wildman–Crippen LogP) is 2.72. The van der Waals surface area contributed by atoms with E-state index >= 15 is 0 Å². The molecule has 0 fully saturated rings. The second-order valence-corrected chi connectivity index (χ2v) is 4.11. The first kappa shape index (κ1) is 12.9. The molecule has 0 unspecified atom stereocenters. The quantitative estimate of drug-likeness (QED) is 0.838. The van der Waals surface area contributed by atoms with E-state index in [1.54, 1.807) is 7.05 Å². The first-order valence-electron chi connectivity index (χ1n) is 5.30. The van der Waals surface area contributed by atoms with Gasteiger partial charge in [-0.3, -0.25) is 0 Å². The number of nitrogens with one attached hydrogen (secondary N) is 1. The molecule has 0 radical (unpaired) electrons. The lowest BCUT2D eigenvalue weighted by atomic mass is 10.1. The van der Waals surface area contributed by atoms with Gasteiger partial charge in [0.2, 0.25) is 0 Å². The van der Waals surface area contributed by atoms with Crippen molar-refractivity contribution in [1.82, 2.24) is 5.32 Å². The summed E-state index contributed by atoms with van der Waals surface area (Å²) in [6.45, 7) is 4.74. The number of hydrogen-bond donors (Lipinski definition) is 1. The Bertz CT molecular complexity index is 353. The molecule has 0 saturated heterocycles. The zero-order valence-corrected chi connectivity index (χ0v) is 9.81. The van der Waals surface area contributed by atoms with Crippen molar-refractivity contribution >= 4 is 0 Å². The minimum atomic E-state index is -0.647. The van der Waals surface area contributed by atoms with Gasteiger partial charge in [0.25, 0.3) is 0 Å². The van der Waals surface area contributed by atoms with Crippen LogP contribution in [-0.2, 0) is 6.54 Å². The van der Waals surface area contributed by atoms with Gasteiger partial charge in [-0.15, -0.1) is 0 Å². The molecule has 1 aromatic rings. The van der Waals surface area contributed by atoms with Crippen LogP contribution in [0.2, 0.25) is 0 Å². The Kier molecular flexibility index (Phi) is 4.68. The molecule has 0 amide bonds. The Morgan fingerprint density at radius 1 is 1.31 bits per heavy atom. The van der Waals surface area contributed by atoms with E-state index in [0.717, 1.165) is 6.07 Å². The number of benzene rings is 1. The molecule has 90 valence electrons. The highest BCUT2D eigenvalue weighted by molar-refractivity contribution is 5.35. The Morgan fingerprint density at radius 2 is 2.00 bits per heavy atom. The van der Waals surface area contributed by atoms with Crippen molar-refractivity contribution in [3.8, 4) is 5.75 Å². The fourth-order valence-corrected chi connectivity index (χ4v) is 1.35. The van der Waals surface area contributed by atoms with Crippen LogP contribution in [0, 0.1) is 17.6 Å². The molecular weight excluding hydrogens is 212 g/mol. The summed E-state index contributed by atoms with van der Waals surface area (Å²) in [5, 5.41) is 2.85. The van der Waals surface area contributed by atoms with Gasteiger partial charge in [0.15, 0.2) is 11.6 Å². The third-order valence-corrected chi connectivity index (χ3v) is 2.01. The van der Waals surface area contributed by atoms with Gasteiger partial charge in [-0.2, -0.15) is 0 Å². The zero-order chi connectivity index (χ0) is 12.1. The maximum absolute atomic E-state index is 13.5. The highest BCUT2D eigenvalue weighted by atomic mass is 19.1. The average molecular weight is 229 g/mol. The maximum atomic E-state index is 13.5. The number of hydrogen-bond acceptors (Lipinski definition) is 2. The molecule has 0 saturated carbocycles. The van der Waals surface area contributed by atoms with Crippen LogP contribution in [-0.4, -0.2) is 13.7 Å². The van der Waals surface area contributed by atoms with Crippen LogP contribution in [0.25, 0.3) is 0 Å². The molecule has 0 aliphatic rings. The van der Waals surface area contributed by atoms with Crippen LogP contribution in [0.4, 0.5) is 8.78 Å². The molecule has 1 aromatic carbocycles. The van der Waals surface area contributed by atoms with Crippen LogP contribution >= 0.6 is 0 Å². The summed E-state index contributed by atoms with van der Waals surface area (Å²) < 4.78 is 31.9. The van der Waals surface area contributed by atoms with E-state index in [1.165, 1.54) is 6.07 Å². The SMILES string of the molecule is CNCc1cc(F)cc(F)c1OCC(C)C. The van der Waals surface area contributed by atoms with Gasteiger partial charge in [-0.05, 0) is 19.0 Å². The fourth-order valence-electron chi connectivity index (χ4n) is 1.35. The Labute approximate surface area is 94.6 Å². The normalized spacial score (nSPS) is 10.9. The summed E-state index contributed by atoms with van der Waals surface area (Å²) in [4.78, 5) is 0. The van der Waals surface area contributed by atoms with Gasteiger partial charge < -0.3 is 10.1 Å². The minimum Gasteiger partial charge on any atom is -0.490 e. The van der Waals surface area contributed by atoms with E-state index in [4.69, 9.17) is 4.74 Å². The van der Waals surface area contributed by atoms with Crippen molar-refractivity contribution in [3.05, 3.63) is 29.3 Å². The highest BCUT2D eigenvalue weighted by Crippen LogP contribution is 2.24. The van der Waals surface area contributed by atoms with Gasteiger partial charge in [0, 0.05) is 18.2 Å². The van der Waals surface area contributed by atoms with Crippen molar-refractivity contribution < 1.29 is 13.5 Å². The van der Waals surface area contributed by atoms with Crippen LogP contribution in [0.15, 0.2) is 12.1 Å². The predicted molar refractivity (Wildman–Crippen MR) is 59.5 cm³/mol. The molecule has 0 atom stereocenters. The van der Waals surface area contributed by atoms with Gasteiger partial charge >= 0.3 is 0 Å². The molecule has 0 heterocycles. The second-order valence-electron chi connectivity index (χ2n) is 4.11. The molecule has 0 aliphatic carbocycles. The molecule has 16 heavy (non-hydrogen) atoms. The first-order chi connectivity index (χ1) is 7.54. The third-order valence-electron chi connectivity index (χ3n) is 2.01. The van der Waals surface area contributed by atoms with Crippen molar-refractivity contribution in [1.29, 1.82) is 0 Å². The molecule has 0 bridgehead atoms. The summed E-state index contributed by atoms with van der Waals surface area (Å²) in [5.74, 6) is -0.790. The van der Waals surface area contributed by atoms with Gasteiger partial charge in [0.05, 0.1) is 6.61 Å². The van der Waals surface area contributed by atoms with Crippen LogP contribution < -0.4 is 10.1 Å². The Balaban J connectivity index is 2.94. The van der Waals surface area contributed by atoms with Crippen LogP contribution in [0.5, 0.6) is 5.75 Å². The summed E-state index contributed by atoms with van der Waals surface area (Å²) in [7, 11) is 1.72. The molecular formula is C12H17F2NO. The van der Waals surface area contributed by atoms with Crippen LogP contribution in [0.1, 0.15) is 19.4 Å². The van der Waals surface area contributed by atoms with Crippen molar-refractivity contribution in [2.24, 2.45) is 5.92 Å². The van der Waals surface area contributed by atoms with E-state index in [1.807, 2.05) is 13.8 Å². The first-order valence-corrected chi connectivity index (χ1v) is 5.30. The second kappa shape index (κ2) is 5.80. The molecule has 2 nitrogen and oxygen atoms in total. The van der Waals surface area contributed by atoms with Crippen molar-refractivity contribution in [3.63, 3.8) is 0 Å². The standard InChI is InChI=1S/C12H17F2NO/c1-8(2)7-16-12-9(6-15-3)4-10(13)5-11(12)14/h4-5,8,15H,6-7H2,1-3H3. The van der Waals surface area contributed by atoms with Crippen LogP contribution in [0.3, 0.4) is 0 Å². The van der Waals surface area contributed by atoms with E-state index < -0.39 is 11.6 Å². The molecule has 4 heteroatoms. The summed E-state index contributed by atoms with van der Waals surface area (Å²) in [6.07, 6.45) is 0. The molecule has 0 spiro atoms. The number of halogens is 2. The van der Waals surface area contributed by atoms with E-state index in [9.17, 15) is 8.78 Å². The smallest absolute Gasteiger partial charge is 0.168 e. The maximum Gasteiger partial charge on any atom is 0.168 e. The van der Waals surface area contributed by atoms with E-state index in [2.05, 4.69) is 5.32 Å². The monoisotopic (exact) mass is 229 g/mol. The zero-order valence-electron chi connectivity index (χ0n) is 9.81. The molecule has 0 aromatic heterocycles. The lowest BCUT2D eigenvalue weighted by molar-refractivity contribution is 0.255. The van der Waals surface area contributed by atoms with Crippen molar-refractivity contribution in [2.75, 3.05) is 13.7 Å². The van der Waals surface area contributed by atoms with Gasteiger partial charge in [-0.1, -0.05) is 13.8 Å². The largest absolute Gasteiger partial charge is 0.490 e. The lowest BCUT2D eigenvalue weighted by Crippen LogP contribution is -2.12. The Morgan fingerprint density at radius 3 is 2.56 bits per heavy atom. The fraction of sp³-hybridized carbons (Fsp3) is 0.500. The summed E-state index contributed by atoms with van der Waals surface area (Å²) in [6, 6.07) is 2.13. The Hall–Kier alpha value is -1.16. The molecule has 1 rings (SSSR count). The number of rotatable bonds is 5. The highest BCUT2D eigenvalue weighted by Gasteiger charge is 2.12. The van der Waals surface area contributed by atoms with Crippen molar-refractivity contribution in [2.45, 2.75) is 20.4 Å². The lowest BCUT2D eigenvalue weighted by Gasteiger charge is -2.14. The van der Waals surface area contributed by atoms with Gasteiger partial charge in [-0.25, -0.2) is 8.78 Å². The van der Waals surface area contributed by atoms with E-state index in [0.29, 0.717) is 24.6 Å². The minimum absolute atomic E-state index is 0.143. The topological polar surface area (TPSA) is 21.3 Å². The van der Waals surface area contributed by atoms with E-state index in [-0.39, 0.29) is 5.75 Å².